The Bertz CT molecular complexity index is 109. The summed E-state index contributed by atoms with van der Waals surface area (Å²) < 4.78 is 0. The van der Waals surface area contributed by atoms with Gasteiger partial charge in [0.25, 0.3) is 0 Å². The van der Waals surface area contributed by atoms with Gasteiger partial charge in [0.1, 0.15) is 0 Å². The molecule has 1 aliphatic heterocycles. The second-order valence-electron chi connectivity index (χ2n) is 1.51. The molecule has 0 aliphatic carbocycles. The third-order valence-corrected chi connectivity index (χ3v) is 0.900. The highest BCUT2D eigenvalue weighted by molar-refractivity contribution is 5.77. The molecule has 46 valence electrons. The lowest BCUT2D eigenvalue weighted by atomic mass is 10.2. The van der Waals surface area contributed by atoms with Crippen molar-refractivity contribution in [1.82, 2.24) is 5.32 Å². The van der Waals surface area contributed by atoms with Crippen LogP contribution in [0.15, 0.2) is 12.3 Å². The van der Waals surface area contributed by atoms with E-state index in [4.69, 9.17) is 0 Å². The number of carbonyl (C=O) groups excluding carboxylic acids is 1. The fraction of sp³-hybridized carbons (Fsp3) is 0.400. The summed E-state index contributed by atoms with van der Waals surface area (Å²) >= 11 is 0. The van der Waals surface area contributed by atoms with Crippen LogP contribution in [0.2, 0.25) is 0 Å². The number of hydrogen-bond acceptors (Lipinski definition) is 1. The van der Waals surface area contributed by atoms with Gasteiger partial charge in [-0.1, -0.05) is 6.08 Å². The van der Waals surface area contributed by atoms with E-state index >= 15 is 0 Å². The predicted octanol–water partition coefficient (Wildman–Crippen LogP) is -0.415. The van der Waals surface area contributed by atoms with E-state index in [1.165, 1.54) is 0 Å². The van der Waals surface area contributed by atoms with Crippen LogP contribution in [-0.4, -0.2) is 11.4 Å². The molecule has 0 spiro atoms. The maximum absolute atomic E-state index is 10.3. The number of carbonyl (C=O) groups is 1. The van der Waals surface area contributed by atoms with Gasteiger partial charge in [-0.15, -0.1) is 0 Å². The van der Waals surface area contributed by atoms with Gasteiger partial charge in [0.15, 0.2) is 0 Å². The first-order chi connectivity index (χ1) is 3.39. The molecule has 3 N–H and O–H groups in total. The molecule has 3 nitrogen and oxygen atoms in total. The summed E-state index contributed by atoms with van der Waals surface area (Å²) in [6.07, 6.45) is 5.18. The molecule has 3 heteroatoms. The van der Waals surface area contributed by atoms with E-state index in [2.05, 4.69) is 5.32 Å². The van der Waals surface area contributed by atoms with Crippen LogP contribution in [-0.2, 0) is 4.79 Å². The van der Waals surface area contributed by atoms with Gasteiger partial charge in [0, 0.05) is 6.42 Å². The summed E-state index contributed by atoms with van der Waals surface area (Å²) in [6, 6.07) is 0. The van der Waals surface area contributed by atoms with Crippen LogP contribution in [0.5, 0.6) is 0 Å². The van der Waals surface area contributed by atoms with Crippen LogP contribution in [0.3, 0.4) is 0 Å². The van der Waals surface area contributed by atoms with Crippen LogP contribution in [0.1, 0.15) is 12.8 Å². The second kappa shape index (κ2) is 3.21. The minimum atomic E-state index is 0. The van der Waals surface area contributed by atoms with E-state index in [1.807, 2.05) is 6.08 Å². The summed E-state index contributed by atoms with van der Waals surface area (Å²) in [5.41, 5.74) is 0. The average molecular weight is 115 g/mol. The lowest BCUT2D eigenvalue weighted by Gasteiger charge is -2.00. The molecule has 1 heterocycles. The van der Waals surface area contributed by atoms with Crippen molar-refractivity contribution in [3.8, 4) is 0 Å². The third-order valence-electron chi connectivity index (χ3n) is 0.900. The zero-order chi connectivity index (χ0) is 5.11. The molecule has 0 radical (unpaired) electrons. The number of amides is 1. The molecule has 8 heavy (non-hydrogen) atoms. The molecule has 0 aromatic carbocycles. The molecule has 1 aliphatic rings. The van der Waals surface area contributed by atoms with Gasteiger partial charge in [-0.3, -0.25) is 4.79 Å². The highest BCUT2D eigenvalue weighted by Gasteiger charge is 1.98. The number of allylic oxidation sites excluding steroid dienone is 1. The first kappa shape index (κ1) is 7.17. The van der Waals surface area contributed by atoms with Crippen LogP contribution >= 0.6 is 0 Å². The van der Waals surface area contributed by atoms with Gasteiger partial charge < -0.3 is 10.8 Å². The monoisotopic (exact) mass is 115 g/mol. The molecule has 1 amide bonds. The minimum absolute atomic E-state index is 0. The Morgan fingerprint density at radius 2 is 2.38 bits per heavy atom. The SMILES string of the molecule is O.O=C1CCC=CN1. The summed E-state index contributed by atoms with van der Waals surface area (Å²) in [5.74, 6) is 0.127. The lowest BCUT2D eigenvalue weighted by molar-refractivity contribution is -0.120. The molecule has 0 aromatic rings. The fourth-order valence-corrected chi connectivity index (χ4v) is 0.522. The van der Waals surface area contributed by atoms with Crippen LogP contribution in [0, 0.1) is 0 Å². The second-order valence-corrected chi connectivity index (χ2v) is 1.51. The van der Waals surface area contributed by atoms with Crippen molar-refractivity contribution in [3.63, 3.8) is 0 Å². The van der Waals surface area contributed by atoms with E-state index in [1.54, 1.807) is 6.20 Å². The van der Waals surface area contributed by atoms with Gasteiger partial charge in [-0.25, -0.2) is 0 Å². The van der Waals surface area contributed by atoms with Crippen molar-refractivity contribution in [2.45, 2.75) is 12.8 Å². The Labute approximate surface area is 47.7 Å². The summed E-state index contributed by atoms with van der Waals surface area (Å²) in [5, 5.41) is 2.56. The summed E-state index contributed by atoms with van der Waals surface area (Å²) in [4.78, 5) is 10.3. The van der Waals surface area contributed by atoms with Gasteiger partial charge in [-0.05, 0) is 12.6 Å². The van der Waals surface area contributed by atoms with Gasteiger partial charge in [0.2, 0.25) is 5.91 Å². The van der Waals surface area contributed by atoms with Gasteiger partial charge >= 0.3 is 0 Å². The highest BCUT2D eigenvalue weighted by atomic mass is 16.1. The van der Waals surface area contributed by atoms with Crippen molar-refractivity contribution < 1.29 is 10.3 Å². The normalized spacial score (nSPS) is 16.8. The zero-order valence-corrected chi connectivity index (χ0v) is 4.48. The number of nitrogens with one attached hydrogen (secondary N) is 1. The summed E-state index contributed by atoms with van der Waals surface area (Å²) in [7, 11) is 0. The lowest BCUT2D eigenvalue weighted by Crippen LogP contribution is -2.18. The Balaban J connectivity index is 0.000000490. The smallest absolute Gasteiger partial charge is 0.224 e. The van der Waals surface area contributed by atoms with E-state index < -0.39 is 0 Å². The molecule has 0 bridgehead atoms. The van der Waals surface area contributed by atoms with E-state index in [0.717, 1.165) is 6.42 Å². The Hall–Kier alpha value is -0.830. The van der Waals surface area contributed by atoms with Crippen molar-refractivity contribution in [1.29, 1.82) is 0 Å². The summed E-state index contributed by atoms with van der Waals surface area (Å²) in [6.45, 7) is 0. The topological polar surface area (TPSA) is 60.6 Å². The maximum Gasteiger partial charge on any atom is 0.224 e. The van der Waals surface area contributed by atoms with Crippen LogP contribution < -0.4 is 5.32 Å². The van der Waals surface area contributed by atoms with E-state index in [0.29, 0.717) is 6.42 Å². The van der Waals surface area contributed by atoms with Gasteiger partial charge in [0.05, 0.1) is 0 Å². The van der Waals surface area contributed by atoms with Crippen molar-refractivity contribution in [2.75, 3.05) is 0 Å². The first-order valence-electron chi connectivity index (χ1n) is 2.34. The Kier molecular flexibility index (Phi) is 2.88. The zero-order valence-electron chi connectivity index (χ0n) is 4.48. The van der Waals surface area contributed by atoms with E-state index in [9.17, 15) is 4.79 Å². The quantitative estimate of drug-likeness (QED) is 0.458. The molecule has 0 atom stereocenters. The number of rotatable bonds is 0. The fourth-order valence-electron chi connectivity index (χ4n) is 0.522. The Morgan fingerprint density at radius 3 is 2.62 bits per heavy atom. The third kappa shape index (κ3) is 1.75. The Morgan fingerprint density at radius 1 is 1.62 bits per heavy atom. The van der Waals surface area contributed by atoms with Crippen LogP contribution in [0.4, 0.5) is 0 Å². The standard InChI is InChI=1S/C5H7NO.H2O/c7-5-3-1-2-4-6-5;/h2,4H,1,3H2,(H,6,7);1H2. The predicted molar refractivity (Wildman–Crippen MR) is 30.1 cm³/mol. The maximum atomic E-state index is 10.3. The molecule has 0 saturated heterocycles. The molecule has 0 fully saturated rings. The van der Waals surface area contributed by atoms with Crippen molar-refractivity contribution in [2.24, 2.45) is 0 Å². The van der Waals surface area contributed by atoms with Crippen molar-refractivity contribution >= 4 is 5.91 Å². The molecular formula is C5H9NO2. The first-order valence-corrected chi connectivity index (χ1v) is 2.34. The average Bonchev–Trinajstić information content (AvgIpc) is 1.69. The van der Waals surface area contributed by atoms with Crippen molar-refractivity contribution in [3.05, 3.63) is 12.3 Å². The largest absolute Gasteiger partial charge is 0.412 e. The molecule has 0 saturated carbocycles. The number of hydrogen-bond donors (Lipinski definition) is 1. The molecule has 1 rings (SSSR count). The molecule has 0 unspecified atom stereocenters. The van der Waals surface area contributed by atoms with Crippen LogP contribution in [0.25, 0.3) is 0 Å². The highest BCUT2D eigenvalue weighted by Crippen LogP contribution is 1.94. The van der Waals surface area contributed by atoms with Gasteiger partial charge in [-0.2, -0.15) is 0 Å². The molecule has 0 aromatic heterocycles. The van der Waals surface area contributed by atoms with E-state index in [-0.39, 0.29) is 11.4 Å². The molecular weight excluding hydrogens is 106 g/mol. The minimum Gasteiger partial charge on any atom is -0.412 e.